The number of anilines is 1. The average Bonchev–Trinajstić information content (AvgIpc) is 3.02. The monoisotopic (exact) mass is 312 g/mol. The molecule has 0 saturated carbocycles. The normalized spacial score (nSPS) is 23.8. The van der Waals surface area contributed by atoms with Crippen LogP contribution in [-0.2, 0) is 6.42 Å². The van der Waals surface area contributed by atoms with Crippen molar-refractivity contribution >= 4 is 5.69 Å². The number of rotatable bonds is 1. The highest BCUT2D eigenvalue weighted by Crippen LogP contribution is 2.53. The largest absolute Gasteiger partial charge is 0.376 e. The van der Waals surface area contributed by atoms with Crippen LogP contribution in [-0.4, -0.2) is 4.98 Å². The molecule has 2 heteroatoms. The number of aromatic nitrogens is 1. The number of hydrogen-bond donors (Lipinski definition) is 1. The van der Waals surface area contributed by atoms with E-state index >= 15 is 0 Å². The summed E-state index contributed by atoms with van der Waals surface area (Å²) in [5, 5.41) is 3.78. The summed E-state index contributed by atoms with van der Waals surface area (Å²) in [6.07, 6.45) is 3.02. The van der Waals surface area contributed by atoms with Gasteiger partial charge in [0.15, 0.2) is 0 Å². The summed E-state index contributed by atoms with van der Waals surface area (Å²) in [7, 11) is 0. The van der Waals surface area contributed by atoms with E-state index in [1.165, 1.54) is 27.9 Å². The van der Waals surface area contributed by atoms with E-state index in [0.717, 1.165) is 12.1 Å². The molecular formula is C22H20N2. The molecule has 2 aromatic carbocycles. The number of hydrogen-bond acceptors (Lipinski definition) is 2. The van der Waals surface area contributed by atoms with Crippen LogP contribution in [0.3, 0.4) is 0 Å². The van der Waals surface area contributed by atoms with Gasteiger partial charge in [0.2, 0.25) is 0 Å². The van der Waals surface area contributed by atoms with E-state index in [-0.39, 0.29) is 6.04 Å². The fraction of sp³-hybridized carbons (Fsp3) is 0.227. The first-order valence-corrected chi connectivity index (χ1v) is 8.67. The van der Waals surface area contributed by atoms with Crippen molar-refractivity contribution in [2.75, 3.05) is 5.32 Å². The van der Waals surface area contributed by atoms with Gasteiger partial charge in [-0.15, -0.1) is 0 Å². The van der Waals surface area contributed by atoms with Crippen molar-refractivity contribution in [3.63, 3.8) is 0 Å². The van der Waals surface area contributed by atoms with Gasteiger partial charge >= 0.3 is 0 Å². The van der Waals surface area contributed by atoms with E-state index in [2.05, 4.69) is 71.8 Å². The minimum Gasteiger partial charge on any atom is -0.376 e. The quantitative estimate of drug-likeness (QED) is 0.694. The number of fused-ring (bicyclic) bond motifs is 5. The van der Waals surface area contributed by atoms with E-state index in [1.54, 1.807) is 0 Å². The Balaban J connectivity index is 1.70. The van der Waals surface area contributed by atoms with Gasteiger partial charge in [-0.3, -0.25) is 4.98 Å². The SMILES string of the molecule is Cc1ccc2c(c1)C1c3ccccc3CC1C(c1ccccn1)N2. The zero-order chi connectivity index (χ0) is 16.1. The van der Waals surface area contributed by atoms with Crippen molar-refractivity contribution in [1.82, 2.24) is 4.98 Å². The van der Waals surface area contributed by atoms with Gasteiger partial charge in [0.1, 0.15) is 0 Å². The van der Waals surface area contributed by atoms with Crippen molar-refractivity contribution < 1.29 is 0 Å². The number of aryl methyl sites for hydroxylation is 1. The molecule has 2 heterocycles. The Morgan fingerprint density at radius 1 is 0.958 bits per heavy atom. The van der Waals surface area contributed by atoms with Crippen LogP contribution in [0, 0.1) is 12.8 Å². The third-order valence-electron chi connectivity index (χ3n) is 5.56. The van der Waals surface area contributed by atoms with Crippen LogP contribution in [0.4, 0.5) is 5.69 Å². The molecule has 1 aliphatic carbocycles. The van der Waals surface area contributed by atoms with Crippen molar-refractivity contribution in [2.24, 2.45) is 5.92 Å². The first-order valence-electron chi connectivity index (χ1n) is 8.67. The second-order valence-corrected chi connectivity index (χ2v) is 7.01. The summed E-state index contributed by atoms with van der Waals surface area (Å²) in [4.78, 5) is 4.65. The van der Waals surface area contributed by atoms with Crippen molar-refractivity contribution in [2.45, 2.75) is 25.3 Å². The average molecular weight is 312 g/mol. The van der Waals surface area contributed by atoms with Gasteiger partial charge < -0.3 is 5.32 Å². The Bertz CT molecular complexity index is 901. The van der Waals surface area contributed by atoms with Crippen LogP contribution in [0.1, 0.15) is 39.9 Å². The molecule has 5 rings (SSSR count). The number of nitrogens with one attached hydrogen (secondary N) is 1. The minimum atomic E-state index is 0.263. The Hall–Kier alpha value is -2.61. The highest BCUT2D eigenvalue weighted by Gasteiger charge is 2.43. The summed E-state index contributed by atoms with van der Waals surface area (Å²) in [5.74, 6) is 0.982. The smallest absolute Gasteiger partial charge is 0.0725 e. The number of pyridine rings is 1. The first-order chi connectivity index (χ1) is 11.8. The summed E-state index contributed by atoms with van der Waals surface area (Å²) >= 11 is 0. The van der Waals surface area contributed by atoms with E-state index in [4.69, 9.17) is 0 Å². The summed E-state index contributed by atoms with van der Waals surface area (Å²) in [5.41, 5.74) is 8.16. The molecule has 0 amide bonds. The van der Waals surface area contributed by atoms with Gasteiger partial charge in [-0.1, -0.05) is 48.0 Å². The molecule has 2 aliphatic rings. The molecule has 118 valence electrons. The molecule has 3 unspecified atom stereocenters. The van der Waals surface area contributed by atoms with E-state index in [9.17, 15) is 0 Å². The predicted molar refractivity (Wildman–Crippen MR) is 97.3 cm³/mol. The van der Waals surface area contributed by atoms with Gasteiger partial charge in [0.05, 0.1) is 11.7 Å². The lowest BCUT2D eigenvalue weighted by molar-refractivity contribution is 0.414. The summed E-state index contributed by atoms with van der Waals surface area (Å²) in [6.45, 7) is 2.18. The molecule has 0 saturated heterocycles. The highest BCUT2D eigenvalue weighted by molar-refractivity contribution is 5.63. The molecule has 1 aromatic heterocycles. The maximum atomic E-state index is 4.65. The first kappa shape index (κ1) is 13.8. The fourth-order valence-electron chi connectivity index (χ4n) is 4.53. The van der Waals surface area contributed by atoms with Crippen LogP contribution < -0.4 is 5.32 Å². The lowest BCUT2D eigenvalue weighted by atomic mass is 9.76. The third-order valence-corrected chi connectivity index (χ3v) is 5.56. The van der Waals surface area contributed by atoms with E-state index in [1.807, 2.05) is 12.3 Å². The van der Waals surface area contributed by atoms with Gasteiger partial charge in [0.25, 0.3) is 0 Å². The molecule has 0 bridgehead atoms. The van der Waals surface area contributed by atoms with Crippen LogP contribution >= 0.6 is 0 Å². The number of nitrogens with zero attached hydrogens (tertiary/aromatic N) is 1. The second kappa shape index (κ2) is 5.20. The Kier molecular flexibility index (Phi) is 2.99. The van der Waals surface area contributed by atoms with Crippen molar-refractivity contribution in [3.05, 3.63) is 94.8 Å². The molecule has 3 aromatic rings. The maximum Gasteiger partial charge on any atom is 0.0725 e. The Morgan fingerprint density at radius 3 is 2.71 bits per heavy atom. The zero-order valence-corrected chi connectivity index (χ0v) is 13.7. The molecular weight excluding hydrogens is 292 g/mol. The lowest BCUT2D eigenvalue weighted by Gasteiger charge is -2.37. The van der Waals surface area contributed by atoms with E-state index in [0.29, 0.717) is 11.8 Å². The topological polar surface area (TPSA) is 24.9 Å². The van der Waals surface area contributed by atoms with Crippen LogP contribution in [0.5, 0.6) is 0 Å². The maximum absolute atomic E-state index is 4.65. The second-order valence-electron chi connectivity index (χ2n) is 7.01. The molecule has 3 atom stereocenters. The van der Waals surface area contributed by atoms with Gasteiger partial charge in [0, 0.05) is 17.8 Å². The fourth-order valence-corrected chi connectivity index (χ4v) is 4.53. The van der Waals surface area contributed by atoms with Gasteiger partial charge in [-0.05, 0) is 54.2 Å². The van der Waals surface area contributed by atoms with Crippen molar-refractivity contribution in [1.29, 1.82) is 0 Å². The van der Waals surface area contributed by atoms with Crippen LogP contribution in [0.15, 0.2) is 66.9 Å². The summed E-state index contributed by atoms with van der Waals surface area (Å²) in [6, 6.07) is 22.2. The number of benzene rings is 2. The summed E-state index contributed by atoms with van der Waals surface area (Å²) < 4.78 is 0. The molecule has 1 N–H and O–H groups in total. The zero-order valence-electron chi connectivity index (χ0n) is 13.7. The molecule has 1 aliphatic heterocycles. The third kappa shape index (κ3) is 1.99. The Morgan fingerprint density at radius 2 is 1.83 bits per heavy atom. The minimum absolute atomic E-state index is 0.263. The van der Waals surface area contributed by atoms with Crippen molar-refractivity contribution in [3.8, 4) is 0 Å². The van der Waals surface area contributed by atoms with Crippen LogP contribution in [0.25, 0.3) is 0 Å². The molecule has 0 radical (unpaired) electrons. The Labute approximate surface area is 142 Å². The van der Waals surface area contributed by atoms with Gasteiger partial charge in [-0.25, -0.2) is 0 Å². The van der Waals surface area contributed by atoms with Crippen LogP contribution in [0.2, 0.25) is 0 Å². The lowest BCUT2D eigenvalue weighted by Crippen LogP contribution is -2.31. The van der Waals surface area contributed by atoms with E-state index < -0.39 is 0 Å². The standard InChI is InChI=1S/C22H20N2/c1-14-9-10-19-17(12-14)21-16-7-3-2-6-15(16)13-18(21)22(24-19)20-8-4-5-11-23-20/h2-12,18,21-22,24H,13H2,1H3. The predicted octanol–water partition coefficient (Wildman–Crippen LogP) is 4.86. The molecule has 0 fully saturated rings. The molecule has 24 heavy (non-hydrogen) atoms. The molecule has 0 spiro atoms. The molecule has 2 nitrogen and oxygen atoms in total. The highest BCUT2D eigenvalue weighted by atomic mass is 15.0. The van der Waals surface area contributed by atoms with Gasteiger partial charge in [-0.2, -0.15) is 0 Å².